The van der Waals surface area contributed by atoms with Gasteiger partial charge in [-0.3, -0.25) is 9.69 Å². The molecule has 0 saturated carbocycles. The lowest BCUT2D eigenvalue weighted by molar-refractivity contribution is -0.117. The first-order valence-electron chi connectivity index (χ1n) is 6.37. The largest absolute Gasteiger partial charge is 0.325 e. The zero-order valence-corrected chi connectivity index (χ0v) is 11.4. The quantitative estimate of drug-likeness (QED) is 0.882. The van der Waals surface area contributed by atoms with Gasteiger partial charge in [0.2, 0.25) is 5.91 Å². The van der Waals surface area contributed by atoms with E-state index in [1.54, 1.807) is 11.3 Å². The van der Waals surface area contributed by atoms with E-state index < -0.39 is 0 Å². The van der Waals surface area contributed by atoms with Crippen LogP contribution in [0.4, 0.5) is 5.69 Å². The van der Waals surface area contributed by atoms with Crippen LogP contribution in [-0.2, 0) is 4.79 Å². The molecule has 1 fully saturated rings. The Morgan fingerprint density at radius 1 is 1.42 bits per heavy atom. The van der Waals surface area contributed by atoms with E-state index in [1.165, 1.54) is 0 Å². The number of thiazole rings is 1. The summed E-state index contributed by atoms with van der Waals surface area (Å²) in [6.07, 6.45) is 0. The zero-order chi connectivity index (χ0) is 13.1. The molecule has 0 unspecified atom stereocenters. The van der Waals surface area contributed by atoms with E-state index in [1.807, 2.05) is 23.7 Å². The standard InChI is InChI=1S/C13H16N4OS/c18-13(8-17-5-3-14-4-6-17)16-10-1-2-11-12(7-10)19-9-15-11/h1-2,7,9,14H,3-6,8H2,(H,16,18). The van der Waals surface area contributed by atoms with Crippen molar-refractivity contribution < 1.29 is 4.79 Å². The molecular weight excluding hydrogens is 260 g/mol. The van der Waals surface area contributed by atoms with Crippen molar-refractivity contribution in [3.8, 4) is 0 Å². The van der Waals surface area contributed by atoms with Crippen molar-refractivity contribution in [1.82, 2.24) is 15.2 Å². The summed E-state index contributed by atoms with van der Waals surface area (Å²) in [5.74, 6) is 0.0470. The normalized spacial score (nSPS) is 16.6. The topological polar surface area (TPSA) is 57.3 Å². The number of hydrogen-bond donors (Lipinski definition) is 2. The summed E-state index contributed by atoms with van der Waals surface area (Å²) in [5.41, 5.74) is 3.64. The number of fused-ring (bicyclic) bond motifs is 1. The molecule has 1 saturated heterocycles. The van der Waals surface area contributed by atoms with Gasteiger partial charge in [-0.1, -0.05) is 0 Å². The van der Waals surface area contributed by atoms with Crippen LogP contribution in [0.5, 0.6) is 0 Å². The Morgan fingerprint density at radius 3 is 3.11 bits per heavy atom. The minimum Gasteiger partial charge on any atom is -0.325 e. The number of amides is 1. The number of rotatable bonds is 3. The van der Waals surface area contributed by atoms with Crippen molar-refractivity contribution in [2.45, 2.75) is 0 Å². The van der Waals surface area contributed by atoms with E-state index in [0.29, 0.717) is 6.54 Å². The second kappa shape index (κ2) is 5.64. The number of hydrogen-bond acceptors (Lipinski definition) is 5. The lowest BCUT2D eigenvalue weighted by Gasteiger charge is -2.26. The molecule has 6 heteroatoms. The molecule has 1 amide bonds. The molecule has 0 atom stereocenters. The van der Waals surface area contributed by atoms with Crippen LogP contribution in [0, 0.1) is 0 Å². The molecule has 2 N–H and O–H groups in total. The Balaban J connectivity index is 1.61. The summed E-state index contributed by atoms with van der Waals surface area (Å²) in [6, 6.07) is 5.81. The molecule has 2 heterocycles. The van der Waals surface area contributed by atoms with Gasteiger partial charge in [0.1, 0.15) is 0 Å². The highest BCUT2D eigenvalue weighted by atomic mass is 32.1. The van der Waals surface area contributed by atoms with E-state index in [4.69, 9.17) is 0 Å². The number of nitrogens with one attached hydrogen (secondary N) is 2. The lowest BCUT2D eigenvalue weighted by Crippen LogP contribution is -2.46. The van der Waals surface area contributed by atoms with Crippen LogP contribution >= 0.6 is 11.3 Å². The van der Waals surface area contributed by atoms with Gasteiger partial charge in [-0.15, -0.1) is 11.3 Å². The van der Waals surface area contributed by atoms with Crippen molar-refractivity contribution in [2.24, 2.45) is 0 Å². The summed E-state index contributed by atoms with van der Waals surface area (Å²) in [5, 5.41) is 6.22. The average Bonchev–Trinajstić information content (AvgIpc) is 2.87. The van der Waals surface area contributed by atoms with E-state index in [0.717, 1.165) is 42.1 Å². The third-order valence-electron chi connectivity index (χ3n) is 3.19. The van der Waals surface area contributed by atoms with Crippen molar-refractivity contribution >= 4 is 33.1 Å². The Kier molecular flexibility index (Phi) is 3.72. The van der Waals surface area contributed by atoms with Gasteiger partial charge in [0, 0.05) is 31.9 Å². The lowest BCUT2D eigenvalue weighted by atomic mass is 10.3. The number of anilines is 1. The monoisotopic (exact) mass is 276 g/mol. The fourth-order valence-electron chi connectivity index (χ4n) is 2.21. The molecular formula is C13H16N4OS. The van der Waals surface area contributed by atoms with Crippen molar-refractivity contribution in [3.63, 3.8) is 0 Å². The van der Waals surface area contributed by atoms with Crippen LogP contribution < -0.4 is 10.6 Å². The number of carbonyl (C=O) groups is 1. The Bertz CT molecular complexity index is 577. The Labute approximate surface area is 115 Å². The third kappa shape index (κ3) is 3.09. The van der Waals surface area contributed by atoms with Gasteiger partial charge in [-0.05, 0) is 18.2 Å². The third-order valence-corrected chi connectivity index (χ3v) is 3.98. The number of benzene rings is 1. The minimum atomic E-state index is 0.0470. The maximum absolute atomic E-state index is 12.0. The van der Waals surface area contributed by atoms with Crippen LogP contribution in [0.15, 0.2) is 23.7 Å². The molecule has 100 valence electrons. The van der Waals surface area contributed by atoms with Gasteiger partial charge in [0.15, 0.2) is 0 Å². The molecule has 5 nitrogen and oxygen atoms in total. The van der Waals surface area contributed by atoms with Crippen molar-refractivity contribution in [3.05, 3.63) is 23.7 Å². The molecule has 0 radical (unpaired) electrons. The van der Waals surface area contributed by atoms with Crippen molar-refractivity contribution in [1.29, 1.82) is 0 Å². The van der Waals surface area contributed by atoms with Crippen molar-refractivity contribution in [2.75, 3.05) is 38.0 Å². The van der Waals surface area contributed by atoms with Crippen LogP contribution in [0.3, 0.4) is 0 Å². The molecule has 1 aromatic carbocycles. The molecule has 1 aliphatic heterocycles. The molecule has 0 spiro atoms. The van der Waals surface area contributed by atoms with Crippen LogP contribution in [0.25, 0.3) is 10.2 Å². The minimum absolute atomic E-state index is 0.0470. The molecule has 2 aromatic rings. The Morgan fingerprint density at radius 2 is 2.26 bits per heavy atom. The highest BCUT2D eigenvalue weighted by Crippen LogP contribution is 2.21. The number of nitrogens with zero attached hydrogens (tertiary/aromatic N) is 2. The summed E-state index contributed by atoms with van der Waals surface area (Å²) in [6.45, 7) is 4.24. The second-order valence-corrected chi connectivity index (χ2v) is 5.50. The van der Waals surface area contributed by atoms with Crippen LogP contribution in [-0.4, -0.2) is 48.5 Å². The first-order chi connectivity index (χ1) is 9.31. The Hall–Kier alpha value is -1.50. The second-order valence-electron chi connectivity index (χ2n) is 4.61. The zero-order valence-electron chi connectivity index (χ0n) is 10.6. The molecule has 19 heavy (non-hydrogen) atoms. The van der Waals surface area contributed by atoms with Gasteiger partial charge in [0.25, 0.3) is 0 Å². The highest BCUT2D eigenvalue weighted by Gasteiger charge is 2.13. The smallest absolute Gasteiger partial charge is 0.238 e. The SMILES string of the molecule is O=C(CN1CCNCC1)Nc1ccc2ncsc2c1. The fourth-order valence-corrected chi connectivity index (χ4v) is 2.92. The predicted octanol–water partition coefficient (Wildman–Crippen LogP) is 1.14. The molecule has 3 rings (SSSR count). The molecule has 1 aliphatic rings. The van der Waals surface area contributed by atoms with E-state index in [-0.39, 0.29) is 5.91 Å². The number of piperazine rings is 1. The summed E-state index contributed by atoms with van der Waals surface area (Å²) in [7, 11) is 0. The van der Waals surface area contributed by atoms with Gasteiger partial charge >= 0.3 is 0 Å². The van der Waals surface area contributed by atoms with E-state index in [9.17, 15) is 4.79 Å². The summed E-state index contributed by atoms with van der Waals surface area (Å²) in [4.78, 5) is 18.4. The molecule has 0 bridgehead atoms. The number of carbonyl (C=O) groups excluding carboxylic acids is 1. The van der Waals surface area contributed by atoms with Crippen LogP contribution in [0.2, 0.25) is 0 Å². The van der Waals surface area contributed by atoms with Gasteiger partial charge < -0.3 is 10.6 Å². The van der Waals surface area contributed by atoms with E-state index >= 15 is 0 Å². The number of aromatic nitrogens is 1. The van der Waals surface area contributed by atoms with Gasteiger partial charge in [-0.2, -0.15) is 0 Å². The van der Waals surface area contributed by atoms with Gasteiger partial charge in [0.05, 0.1) is 22.3 Å². The average molecular weight is 276 g/mol. The predicted molar refractivity (Wildman–Crippen MR) is 77.6 cm³/mol. The highest BCUT2D eigenvalue weighted by molar-refractivity contribution is 7.16. The molecule has 1 aromatic heterocycles. The van der Waals surface area contributed by atoms with Crippen LogP contribution in [0.1, 0.15) is 0 Å². The molecule has 0 aliphatic carbocycles. The first kappa shape index (κ1) is 12.5. The summed E-state index contributed by atoms with van der Waals surface area (Å²) >= 11 is 1.58. The summed E-state index contributed by atoms with van der Waals surface area (Å²) < 4.78 is 1.10. The maximum Gasteiger partial charge on any atom is 0.238 e. The fraction of sp³-hybridized carbons (Fsp3) is 0.385. The van der Waals surface area contributed by atoms with Gasteiger partial charge in [-0.25, -0.2) is 4.98 Å². The van der Waals surface area contributed by atoms with E-state index in [2.05, 4.69) is 20.5 Å². The first-order valence-corrected chi connectivity index (χ1v) is 7.25. The maximum atomic E-state index is 12.0.